The number of aryl methyl sites for hydroxylation is 1. The number of ether oxygens (including phenoxy) is 1. The topological polar surface area (TPSA) is 45.0 Å². The second-order valence-corrected chi connectivity index (χ2v) is 5.09. The first-order chi connectivity index (χ1) is 10.2. The number of nitriles is 1. The molecule has 0 unspecified atom stereocenters. The minimum atomic E-state index is 0.524. The summed E-state index contributed by atoms with van der Waals surface area (Å²) in [6.07, 6.45) is 0.836. The lowest BCUT2D eigenvalue weighted by atomic mass is 10.1. The number of nitrogens with one attached hydrogen (secondary N) is 1. The van der Waals surface area contributed by atoms with E-state index in [9.17, 15) is 5.26 Å². The Morgan fingerprint density at radius 2 is 2.05 bits per heavy atom. The summed E-state index contributed by atoms with van der Waals surface area (Å²) in [7, 11) is 1.87. The zero-order chi connectivity index (χ0) is 15.2. The van der Waals surface area contributed by atoms with Gasteiger partial charge in [-0.1, -0.05) is 24.6 Å². The fourth-order valence-electron chi connectivity index (χ4n) is 2.08. The third-order valence-corrected chi connectivity index (χ3v) is 3.54. The second-order valence-electron chi connectivity index (χ2n) is 4.68. The molecule has 2 aromatic carbocycles. The van der Waals surface area contributed by atoms with E-state index in [0.717, 1.165) is 29.1 Å². The van der Waals surface area contributed by atoms with Crippen molar-refractivity contribution in [1.29, 1.82) is 5.26 Å². The van der Waals surface area contributed by atoms with E-state index in [1.807, 2.05) is 50.4 Å². The quantitative estimate of drug-likeness (QED) is 0.896. The van der Waals surface area contributed by atoms with E-state index in [2.05, 4.69) is 11.4 Å². The maximum Gasteiger partial charge on any atom is 0.145 e. The van der Waals surface area contributed by atoms with Crippen molar-refractivity contribution in [2.24, 2.45) is 0 Å². The lowest BCUT2D eigenvalue weighted by Gasteiger charge is -2.11. The summed E-state index contributed by atoms with van der Waals surface area (Å²) in [5.74, 6) is 1.25. The molecule has 4 heteroatoms. The highest BCUT2D eigenvalue weighted by molar-refractivity contribution is 6.31. The van der Waals surface area contributed by atoms with Gasteiger partial charge in [0.25, 0.3) is 0 Å². The average Bonchev–Trinajstić information content (AvgIpc) is 2.50. The van der Waals surface area contributed by atoms with Gasteiger partial charge in [-0.25, -0.2) is 0 Å². The van der Waals surface area contributed by atoms with Crippen LogP contribution in [0.3, 0.4) is 0 Å². The highest BCUT2D eigenvalue weighted by Gasteiger charge is 2.07. The van der Waals surface area contributed by atoms with Crippen molar-refractivity contribution >= 4 is 11.6 Å². The fourth-order valence-corrected chi connectivity index (χ4v) is 2.33. The van der Waals surface area contributed by atoms with Gasteiger partial charge in [-0.15, -0.1) is 0 Å². The van der Waals surface area contributed by atoms with Gasteiger partial charge in [0, 0.05) is 11.6 Å². The molecule has 2 aromatic rings. The predicted molar refractivity (Wildman–Crippen MR) is 84.8 cm³/mol. The van der Waals surface area contributed by atoms with Crippen LogP contribution >= 0.6 is 11.6 Å². The molecular weight excluding hydrogens is 284 g/mol. The number of benzene rings is 2. The smallest absolute Gasteiger partial charge is 0.145 e. The molecule has 0 amide bonds. The molecule has 21 heavy (non-hydrogen) atoms. The minimum absolute atomic E-state index is 0.524. The number of hydrogen-bond acceptors (Lipinski definition) is 3. The van der Waals surface area contributed by atoms with Gasteiger partial charge in [0.15, 0.2) is 0 Å². The van der Waals surface area contributed by atoms with Crippen molar-refractivity contribution in [1.82, 2.24) is 5.32 Å². The molecule has 2 rings (SSSR count). The first kappa shape index (κ1) is 15.4. The van der Waals surface area contributed by atoms with Crippen LogP contribution in [0.15, 0.2) is 36.4 Å². The molecule has 0 spiro atoms. The van der Waals surface area contributed by atoms with Crippen LogP contribution in [0, 0.1) is 11.3 Å². The average molecular weight is 301 g/mol. The van der Waals surface area contributed by atoms with Crippen LogP contribution in [0.4, 0.5) is 0 Å². The molecule has 1 N–H and O–H groups in total. The van der Waals surface area contributed by atoms with E-state index in [0.29, 0.717) is 17.1 Å². The Labute approximate surface area is 130 Å². The summed E-state index contributed by atoms with van der Waals surface area (Å²) in [6, 6.07) is 13.3. The molecule has 0 atom stereocenters. The zero-order valence-electron chi connectivity index (χ0n) is 12.1. The summed E-state index contributed by atoms with van der Waals surface area (Å²) in [5.41, 5.74) is 2.60. The largest absolute Gasteiger partial charge is 0.456 e. The molecule has 0 aliphatic heterocycles. The highest BCUT2D eigenvalue weighted by Crippen LogP contribution is 2.29. The van der Waals surface area contributed by atoms with E-state index in [1.54, 1.807) is 0 Å². The summed E-state index contributed by atoms with van der Waals surface area (Å²) in [4.78, 5) is 0. The van der Waals surface area contributed by atoms with Gasteiger partial charge in [0.05, 0.1) is 5.56 Å². The molecule has 0 saturated heterocycles. The SMILES string of the molecule is CCc1cc(Oc2ccc(CNC)cc2C#N)ccc1Cl. The number of nitrogens with zero attached hydrogens (tertiary/aromatic N) is 1. The van der Waals surface area contributed by atoms with Gasteiger partial charge in [-0.2, -0.15) is 5.26 Å². The van der Waals surface area contributed by atoms with Crippen LogP contribution in [0.2, 0.25) is 5.02 Å². The molecule has 0 aliphatic rings. The lowest BCUT2D eigenvalue weighted by molar-refractivity contribution is 0.480. The lowest BCUT2D eigenvalue weighted by Crippen LogP contribution is -2.05. The monoisotopic (exact) mass is 300 g/mol. The summed E-state index contributed by atoms with van der Waals surface area (Å²) in [5, 5.41) is 13.1. The molecule has 0 aliphatic carbocycles. The Balaban J connectivity index is 2.29. The third-order valence-electron chi connectivity index (χ3n) is 3.17. The minimum Gasteiger partial charge on any atom is -0.456 e. The number of rotatable bonds is 5. The fraction of sp³-hybridized carbons (Fsp3) is 0.235. The maximum atomic E-state index is 9.26. The Kier molecular flexibility index (Phi) is 5.21. The first-order valence-corrected chi connectivity index (χ1v) is 7.19. The van der Waals surface area contributed by atoms with Gasteiger partial charge < -0.3 is 10.1 Å². The highest BCUT2D eigenvalue weighted by atomic mass is 35.5. The standard InChI is InChI=1S/C17H17ClN2O/c1-3-13-9-15(5-6-16(13)18)21-17-7-4-12(11-20-2)8-14(17)10-19/h4-9,20H,3,11H2,1-2H3. The van der Waals surface area contributed by atoms with Crippen molar-refractivity contribution in [2.45, 2.75) is 19.9 Å². The van der Waals surface area contributed by atoms with Gasteiger partial charge in [0.1, 0.15) is 17.6 Å². The van der Waals surface area contributed by atoms with Crippen LogP contribution in [0.25, 0.3) is 0 Å². The molecule has 0 heterocycles. The van der Waals surface area contributed by atoms with Crippen LogP contribution in [0.1, 0.15) is 23.6 Å². The molecule has 0 bridgehead atoms. The Morgan fingerprint density at radius 3 is 2.71 bits per heavy atom. The second kappa shape index (κ2) is 7.12. The Hall–Kier alpha value is -2.02. The summed E-state index contributed by atoms with van der Waals surface area (Å²) in [6.45, 7) is 2.76. The van der Waals surface area contributed by atoms with Crippen molar-refractivity contribution in [2.75, 3.05) is 7.05 Å². The van der Waals surface area contributed by atoms with Crippen molar-refractivity contribution < 1.29 is 4.74 Å². The summed E-state index contributed by atoms with van der Waals surface area (Å²) >= 11 is 6.10. The van der Waals surface area contributed by atoms with Gasteiger partial charge in [0.2, 0.25) is 0 Å². The van der Waals surface area contributed by atoms with Crippen LogP contribution in [0.5, 0.6) is 11.5 Å². The predicted octanol–water partition coefficient (Wildman–Crippen LogP) is 4.29. The van der Waals surface area contributed by atoms with Crippen LogP contribution < -0.4 is 10.1 Å². The Bertz CT molecular complexity index is 677. The normalized spacial score (nSPS) is 10.2. The molecule has 108 valence electrons. The Morgan fingerprint density at radius 1 is 1.24 bits per heavy atom. The maximum absolute atomic E-state index is 9.26. The molecule has 3 nitrogen and oxygen atoms in total. The number of halogens is 1. The molecular formula is C17H17ClN2O. The van der Waals surface area contributed by atoms with E-state index >= 15 is 0 Å². The van der Waals surface area contributed by atoms with Crippen molar-refractivity contribution in [3.05, 3.63) is 58.1 Å². The molecule has 0 saturated carbocycles. The van der Waals surface area contributed by atoms with Gasteiger partial charge in [-0.05, 0) is 54.9 Å². The van der Waals surface area contributed by atoms with Crippen molar-refractivity contribution in [3.63, 3.8) is 0 Å². The van der Waals surface area contributed by atoms with Crippen LogP contribution in [-0.4, -0.2) is 7.05 Å². The van der Waals surface area contributed by atoms with Crippen LogP contribution in [-0.2, 0) is 13.0 Å². The van der Waals surface area contributed by atoms with E-state index in [4.69, 9.17) is 16.3 Å². The molecule has 0 aromatic heterocycles. The van der Waals surface area contributed by atoms with Gasteiger partial charge in [-0.3, -0.25) is 0 Å². The number of hydrogen-bond donors (Lipinski definition) is 1. The van der Waals surface area contributed by atoms with E-state index in [-0.39, 0.29) is 0 Å². The molecule has 0 radical (unpaired) electrons. The first-order valence-electron chi connectivity index (χ1n) is 6.81. The summed E-state index contributed by atoms with van der Waals surface area (Å²) < 4.78 is 5.83. The van der Waals surface area contributed by atoms with Gasteiger partial charge >= 0.3 is 0 Å². The zero-order valence-corrected chi connectivity index (χ0v) is 12.9. The molecule has 0 fully saturated rings. The van der Waals surface area contributed by atoms with Crippen molar-refractivity contribution in [3.8, 4) is 17.6 Å². The van der Waals surface area contributed by atoms with E-state index in [1.165, 1.54) is 0 Å². The van der Waals surface area contributed by atoms with E-state index < -0.39 is 0 Å². The third kappa shape index (κ3) is 3.75.